The van der Waals surface area contributed by atoms with Crippen LogP contribution in [0.25, 0.3) is 0 Å². The molecule has 0 saturated carbocycles. The van der Waals surface area contributed by atoms with Crippen LogP contribution in [-0.2, 0) is 30.4 Å². The molecule has 1 aromatic heterocycles. The smallest absolute Gasteiger partial charge is 0.322 e. The van der Waals surface area contributed by atoms with Crippen molar-refractivity contribution >= 4 is 29.7 Å². The van der Waals surface area contributed by atoms with Crippen LogP contribution >= 0.6 is 0 Å². The number of imidazole rings is 1. The van der Waals surface area contributed by atoms with Crippen molar-refractivity contribution in [3.8, 4) is 0 Å². The van der Waals surface area contributed by atoms with Crippen molar-refractivity contribution in [3.05, 3.63) is 18.2 Å². The molecule has 0 aliphatic heterocycles. The van der Waals surface area contributed by atoms with Gasteiger partial charge in [0, 0.05) is 24.7 Å². The van der Waals surface area contributed by atoms with Crippen LogP contribution in [0.2, 0.25) is 0 Å². The van der Waals surface area contributed by atoms with Crippen molar-refractivity contribution in [2.75, 3.05) is 13.2 Å². The van der Waals surface area contributed by atoms with E-state index in [-0.39, 0.29) is 12.8 Å². The summed E-state index contributed by atoms with van der Waals surface area (Å²) in [5.41, 5.74) is 6.33. The first kappa shape index (κ1) is 24.5. The molecule has 1 rings (SSSR count). The number of nitrogens with zero attached hydrogens (tertiary/aromatic N) is 1. The van der Waals surface area contributed by atoms with Crippen molar-refractivity contribution < 1.29 is 39.3 Å². The second-order valence-corrected chi connectivity index (χ2v) is 6.24. The Morgan fingerprint density at radius 1 is 1.03 bits per heavy atom. The predicted molar refractivity (Wildman–Crippen MR) is 98.7 cm³/mol. The SMILES string of the molecule is NC(Cc1cnc[nH]1)C(=O)NC(CO)C(=O)NC(CCC(=O)O)C(=O)NCC(=O)O. The molecule has 0 radical (unpaired) electrons. The summed E-state index contributed by atoms with van der Waals surface area (Å²) >= 11 is 0. The van der Waals surface area contributed by atoms with Gasteiger partial charge in [0.25, 0.3) is 0 Å². The fourth-order valence-electron chi connectivity index (χ4n) is 2.29. The lowest BCUT2D eigenvalue weighted by Gasteiger charge is -2.22. The molecule has 0 aliphatic carbocycles. The highest BCUT2D eigenvalue weighted by Gasteiger charge is 2.28. The number of carboxylic acid groups (broad SMARTS) is 2. The number of aromatic amines is 1. The summed E-state index contributed by atoms with van der Waals surface area (Å²) < 4.78 is 0. The van der Waals surface area contributed by atoms with Crippen LogP contribution in [-0.4, -0.2) is 86.2 Å². The Balaban J connectivity index is 2.72. The standard InChI is InChI=1S/C16H24N6O8/c17-9(3-8-4-18-7-20-8)14(28)22-11(6-23)16(30)21-10(1-2-12(24)25)15(29)19-5-13(26)27/h4,7,9-11,23H,1-3,5-6,17H2,(H,18,20)(H,19,29)(H,21,30)(H,22,28)(H,24,25)(H,26,27). The van der Waals surface area contributed by atoms with Gasteiger partial charge in [-0.1, -0.05) is 0 Å². The molecule has 166 valence electrons. The van der Waals surface area contributed by atoms with Crippen molar-refractivity contribution in [2.24, 2.45) is 5.73 Å². The lowest BCUT2D eigenvalue weighted by molar-refractivity contribution is -0.140. The Hall–Kier alpha value is -3.52. The van der Waals surface area contributed by atoms with Crippen molar-refractivity contribution in [1.29, 1.82) is 0 Å². The third kappa shape index (κ3) is 8.66. The molecule has 3 amide bonds. The molecule has 14 heteroatoms. The number of nitrogens with one attached hydrogen (secondary N) is 4. The van der Waals surface area contributed by atoms with Gasteiger partial charge in [0.2, 0.25) is 17.7 Å². The van der Waals surface area contributed by atoms with Gasteiger partial charge in [-0.3, -0.25) is 24.0 Å². The van der Waals surface area contributed by atoms with E-state index in [2.05, 4.69) is 20.6 Å². The van der Waals surface area contributed by atoms with E-state index >= 15 is 0 Å². The molecule has 0 spiro atoms. The second-order valence-electron chi connectivity index (χ2n) is 6.24. The Labute approximate surface area is 170 Å². The van der Waals surface area contributed by atoms with E-state index in [9.17, 15) is 29.1 Å². The van der Waals surface area contributed by atoms with Crippen LogP contribution in [0.4, 0.5) is 0 Å². The number of nitrogens with two attached hydrogens (primary N) is 1. The van der Waals surface area contributed by atoms with E-state index in [1.807, 2.05) is 5.32 Å². The summed E-state index contributed by atoms with van der Waals surface area (Å²) in [7, 11) is 0. The van der Waals surface area contributed by atoms with Crippen molar-refractivity contribution in [1.82, 2.24) is 25.9 Å². The van der Waals surface area contributed by atoms with E-state index in [0.717, 1.165) is 0 Å². The monoisotopic (exact) mass is 428 g/mol. The lowest BCUT2D eigenvalue weighted by Crippen LogP contribution is -2.57. The number of aliphatic hydroxyl groups excluding tert-OH is 1. The van der Waals surface area contributed by atoms with Crippen LogP contribution in [0, 0.1) is 0 Å². The molecule has 3 atom stereocenters. The number of aromatic nitrogens is 2. The lowest BCUT2D eigenvalue weighted by atomic mass is 10.1. The molecule has 14 nitrogen and oxygen atoms in total. The van der Waals surface area contributed by atoms with E-state index in [1.165, 1.54) is 12.5 Å². The number of aliphatic hydroxyl groups is 1. The fourth-order valence-corrected chi connectivity index (χ4v) is 2.29. The van der Waals surface area contributed by atoms with Crippen LogP contribution in [0.1, 0.15) is 18.5 Å². The van der Waals surface area contributed by atoms with E-state index in [4.69, 9.17) is 15.9 Å². The zero-order valence-electron chi connectivity index (χ0n) is 15.8. The Kier molecular flexibility index (Phi) is 9.91. The van der Waals surface area contributed by atoms with Crippen LogP contribution < -0.4 is 21.7 Å². The minimum absolute atomic E-state index is 0.0877. The minimum atomic E-state index is -1.47. The maximum atomic E-state index is 12.4. The number of hydrogen-bond donors (Lipinski definition) is 8. The molecule has 9 N–H and O–H groups in total. The number of carbonyl (C=O) groups excluding carboxylic acids is 3. The molecule has 0 bridgehead atoms. The molecule has 1 aromatic rings. The maximum absolute atomic E-state index is 12.4. The summed E-state index contributed by atoms with van der Waals surface area (Å²) in [4.78, 5) is 64.5. The van der Waals surface area contributed by atoms with Gasteiger partial charge in [-0.15, -0.1) is 0 Å². The number of H-pyrrole nitrogens is 1. The van der Waals surface area contributed by atoms with Gasteiger partial charge in [0.1, 0.15) is 18.6 Å². The number of hydrogen-bond acceptors (Lipinski definition) is 8. The predicted octanol–water partition coefficient (Wildman–Crippen LogP) is -3.69. The van der Waals surface area contributed by atoms with Gasteiger partial charge in [-0.2, -0.15) is 0 Å². The van der Waals surface area contributed by atoms with Gasteiger partial charge < -0.3 is 42.0 Å². The normalized spacial score (nSPS) is 13.5. The first-order valence-corrected chi connectivity index (χ1v) is 8.79. The van der Waals surface area contributed by atoms with E-state index < -0.39 is 67.4 Å². The molecule has 3 unspecified atom stereocenters. The molecular weight excluding hydrogens is 404 g/mol. The topological polar surface area (TPSA) is 237 Å². The third-order valence-electron chi connectivity index (χ3n) is 3.84. The van der Waals surface area contributed by atoms with E-state index in [1.54, 1.807) is 0 Å². The van der Waals surface area contributed by atoms with Gasteiger partial charge in [0.05, 0.1) is 19.0 Å². The highest BCUT2D eigenvalue weighted by Crippen LogP contribution is 2.01. The zero-order valence-corrected chi connectivity index (χ0v) is 15.8. The third-order valence-corrected chi connectivity index (χ3v) is 3.84. The zero-order chi connectivity index (χ0) is 22.7. The number of rotatable bonds is 13. The molecular formula is C16H24N6O8. The van der Waals surface area contributed by atoms with Crippen LogP contribution in [0.3, 0.4) is 0 Å². The summed E-state index contributed by atoms with van der Waals surface area (Å²) in [6.07, 6.45) is 2.13. The first-order chi connectivity index (χ1) is 14.1. The first-order valence-electron chi connectivity index (χ1n) is 8.79. The molecule has 1 heterocycles. The molecule has 0 fully saturated rings. The van der Waals surface area contributed by atoms with Crippen LogP contribution in [0.5, 0.6) is 0 Å². The van der Waals surface area contributed by atoms with Crippen molar-refractivity contribution in [2.45, 2.75) is 37.4 Å². The summed E-state index contributed by atoms with van der Waals surface area (Å²) in [6.45, 7) is -1.56. The van der Waals surface area contributed by atoms with Crippen molar-refractivity contribution in [3.63, 3.8) is 0 Å². The van der Waals surface area contributed by atoms with Gasteiger partial charge >= 0.3 is 11.9 Å². The second kappa shape index (κ2) is 12.1. The Bertz CT molecular complexity index is 753. The highest BCUT2D eigenvalue weighted by atomic mass is 16.4. The quantitative estimate of drug-likeness (QED) is 0.153. The average molecular weight is 428 g/mol. The molecule has 0 saturated heterocycles. The molecule has 30 heavy (non-hydrogen) atoms. The molecule has 0 aromatic carbocycles. The fraction of sp³-hybridized carbons (Fsp3) is 0.500. The Morgan fingerprint density at radius 2 is 1.70 bits per heavy atom. The van der Waals surface area contributed by atoms with Gasteiger partial charge in [0.15, 0.2) is 0 Å². The van der Waals surface area contributed by atoms with Gasteiger partial charge in [-0.05, 0) is 6.42 Å². The average Bonchev–Trinajstić information content (AvgIpc) is 3.19. The largest absolute Gasteiger partial charge is 0.481 e. The summed E-state index contributed by atoms with van der Waals surface area (Å²) in [5, 5.41) is 33.3. The number of aliphatic carboxylic acids is 2. The summed E-state index contributed by atoms with van der Waals surface area (Å²) in [5.74, 6) is -5.22. The number of carbonyl (C=O) groups is 5. The molecule has 0 aliphatic rings. The van der Waals surface area contributed by atoms with Gasteiger partial charge in [-0.25, -0.2) is 4.98 Å². The van der Waals surface area contributed by atoms with E-state index in [0.29, 0.717) is 5.69 Å². The maximum Gasteiger partial charge on any atom is 0.322 e. The number of amides is 3. The summed E-state index contributed by atoms with van der Waals surface area (Å²) in [6, 6.07) is -3.92. The number of carboxylic acids is 2. The highest BCUT2D eigenvalue weighted by molar-refractivity contribution is 5.94. The Morgan fingerprint density at radius 3 is 2.23 bits per heavy atom. The van der Waals surface area contributed by atoms with Crippen LogP contribution in [0.15, 0.2) is 12.5 Å². The minimum Gasteiger partial charge on any atom is -0.481 e.